The van der Waals surface area contributed by atoms with Crippen LogP contribution in [0, 0.1) is 17.7 Å². The van der Waals surface area contributed by atoms with Crippen LogP contribution in [0.3, 0.4) is 0 Å². The molecule has 2 aromatic rings. The van der Waals surface area contributed by atoms with Crippen molar-refractivity contribution in [3.63, 3.8) is 0 Å². The molecule has 1 saturated heterocycles. The number of halogens is 7. The first kappa shape index (κ1) is 27.7. The number of ether oxygens (including phenoxy) is 1. The number of ketones is 1. The number of hydrogen-bond acceptors (Lipinski definition) is 3. The van der Waals surface area contributed by atoms with Gasteiger partial charge in [-0.15, -0.1) is 0 Å². The quantitative estimate of drug-likeness (QED) is 0.355. The van der Waals surface area contributed by atoms with E-state index in [2.05, 4.69) is 4.90 Å². The topological polar surface area (TPSA) is 29.5 Å². The lowest BCUT2D eigenvalue weighted by Gasteiger charge is -2.41. The zero-order chi connectivity index (χ0) is 28.1. The number of fused-ring (bicyclic) bond motifs is 1. The second-order valence-corrected chi connectivity index (χ2v) is 10.7. The number of likely N-dealkylation sites (tertiary alicyclic amines) is 1. The maximum absolute atomic E-state index is 13.8. The molecule has 0 N–H and O–H groups in total. The van der Waals surface area contributed by atoms with Crippen LogP contribution in [-0.4, -0.2) is 29.9 Å². The summed E-state index contributed by atoms with van der Waals surface area (Å²) in [4.78, 5) is 14.0. The molecule has 5 rings (SSSR count). The second kappa shape index (κ2) is 10.3. The summed E-state index contributed by atoms with van der Waals surface area (Å²) < 4.78 is 101. The Balaban J connectivity index is 1.45. The molecule has 0 radical (unpaired) electrons. The molecule has 210 valence electrons. The molecule has 39 heavy (non-hydrogen) atoms. The third-order valence-corrected chi connectivity index (χ3v) is 8.25. The van der Waals surface area contributed by atoms with Crippen LogP contribution in [0.25, 0.3) is 0 Å². The molecule has 2 aromatic carbocycles. The van der Waals surface area contributed by atoms with Gasteiger partial charge in [-0.1, -0.05) is 12.1 Å². The Morgan fingerprint density at radius 1 is 0.897 bits per heavy atom. The fourth-order valence-corrected chi connectivity index (χ4v) is 6.36. The molecule has 0 amide bonds. The number of benzene rings is 2. The molecule has 1 saturated carbocycles. The lowest BCUT2D eigenvalue weighted by Crippen LogP contribution is -2.38. The van der Waals surface area contributed by atoms with E-state index in [0.29, 0.717) is 37.9 Å². The summed E-state index contributed by atoms with van der Waals surface area (Å²) in [6.07, 6.45) is -7.33. The highest BCUT2D eigenvalue weighted by Gasteiger charge is 2.47. The van der Waals surface area contributed by atoms with Crippen molar-refractivity contribution in [3.8, 4) is 0 Å². The number of allylic oxidation sites excluding steroid dienone is 2. The number of carbonyl (C=O) groups excluding carboxylic acids is 1. The predicted molar refractivity (Wildman–Crippen MR) is 129 cm³/mol. The van der Waals surface area contributed by atoms with Crippen LogP contribution >= 0.6 is 0 Å². The van der Waals surface area contributed by atoms with Gasteiger partial charge in [0.1, 0.15) is 5.82 Å². The predicted octanol–water partition coefficient (Wildman–Crippen LogP) is 7.68. The third-order valence-electron chi connectivity index (χ3n) is 8.25. The number of hydrogen-bond donors (Lipinski definition) is 0. The lowest BCUT2D eigenvalue weighted by molar-refractivity contribution is -0.143. The molecule has 10 heteroatoms. The monoisotopic (exact) mass is 555 g/mol. The molecule has 0 spiro atoms. The smallest absolute Gasteiger partial charge is 0.374 e. The highest BCUT2D eigenvalue weighted by molar-refractivity contribution is 5.92. The molecule has 2 aliphatic carbocycles. The Hall–Kier alpha value is -2.88. The Bertz CT molecular complexity index is 1220. The van der Waals surface area contributed by atoms with Crippen LogP contribution in [0.1, 0.15) is 66.9 Å². The first-order chi connectivity index (χ1) is 18.3. The van der Waals surface area contributed by atoms with Crippen molar-refractivity contribution in [1.82, 2.24) is 4.90 Å². The number of rotatable bonds is 5. The Morgan fingerprint density at radius 2 is 1.54 bits per heavy atom. The largest absolute Gasteiger partial charge is 0.416 e. The van der Waals surface area contributed by atoms with E-state index in [1.54, 1.807) is 18.2 Å². The molecular weight excluding hydrogens is 527 g/mol. The molecule has 1 aliphatic heterocycles. The summed E-state index contributed by atoms with van der Waals surface area (Å²) in [5.41, 5.74) is -1.18. The standard InChI is InChI=1S/C29H28F7NO2/c1-16(19-10-20(28(31,32)33)12-21(11-19)29(34,35)36)39-26-9-4-18-14-37(23-7-8-24(38)13-23)15-25(18)27(26)17-2-5-22(30)6-3-17/h2-3,5-6,10-13,16,18,25-27H,4,7-9,14-15H2,1H3/t16?,18-,25-,26?,27?/m0/s1. The average molecular weight is 556 g/mol. The van der Waals surface area contributed by atoms with Crippen LogP contribution < -0.4 is 0 Å². The van der Waals surface area contributed by atoms with Gasteiger partial charge in [0.25, 0.3) is 0 Å². The van der Waals surface area contributed by atoms with Crippen molar-refractivity contribution in [2.75, 3.05) is 13.1 Å². The summed E-state index contributed by atoms with van der Waals surface area (Å²) >= 11 is 0. The minimum atomic E-state index is -4.95. The van der Waals surface area contributed by atoms with Crippen molar-refractivity contribution in [2.24, 2.45) is 11.8 Å². The molecule has 3 unspecified atom stereocenters. The molecular formula is C29H28F7NO2. The summed E-state index contributed by atoms with van der Waals surface area (Å²) in [6, 6.07) is 7.53. The van der Waals surface area contributed by atoms with E-state index in [1.807, 2.05) is 0 Å². The Morgan fingerprint density at radius 3 is 2.10 bits per heavy atom. The number of nitrogens with zero attached hydrogens (tertiary/aromatic N) is 1. The van der Waals surface area contributed by atoms with Crippen LogP contribution in [-0.2, 0) is 21.9 Å². The van der Waals surface area contributed by atoms with Crippen LogP contribution in [0.15, 0.2) is 54.2 Å². The van der Waals surface area contributed by atoms with Gasteiger partial charge >= 0.3 is 12.4 Å². The van der Waals surface area contributed by atoms with Crippen LogP contribution in [0.4, 0.5) is 30.7 Å². The SMILES string of the molecule is CC(OC1CC[C@H]2CN(C3=CC(=O)CC3)C[C@@H]2C1c1ccc(F)cc1)c1cc(C(F)(F)F)cc(C(F)(F)F)c1. The van der Waals surface area contributed by atoms with E-state index in [4.69, 9.17) is 4.74 Å². The van der Waals surface area contributed by atoms with Gasteiger partial charge in [0, 0.05) is 37.2 Å². The van der Waals surface area contributed by atoms with Gasteiger partial charge in [-0.05, 0) is 79.5 Å². The maximum atomic E-state index is 13.8. The zero-order valence-corrected chi connectivity index (χ0v) is 21.2. The molecule has 0 aromatic heterocycles. The van der Waals surface area contributed by atoms with Gasteiger partial charge in [0.2, 0.25) is 0 Å². The first-order valence-electron chi connectivity index (χ1n) is 13.0. The van der Waals surface area contributed by atoms with Crippen molar-refractivity contribution >= 4 is 5.78 Å². The van der Waals surface area contributed by atoms with E-state index in [-0.39, 0.29) is 35.2 Å². The van der Waals surface area contributed by atoms with Crippen LogP contribution in [0.2, 0.25) is 0 Å². The van der Waals surface area contributed by atoms with Gasteiger partial charge < -0.3 is 9.64 Å². The summed E-state index contributed by atoms with van der Waals surface area (Å²) in [5.74, 6) is -0.252. The summed E-state index contributed by atoms with van der Waals surface area (Å²) in [5, 5.41) is 0. The van der Waals surface area contributed by atoms with Gasteiger partial charge in [-0.3, -0.25) is 4.79 Å². The first-order valence-corrected chi connectivity index (χ1v) is 13.0. The zero-order valence-electron chi connectivity index (χ0n) is 21.2. The summed E-state index contributed by atoms with van der Waals surface area (Å²) in [7, 11) is 0. The normalized spacial score (nSPS) is 26.5. The van der Waals surface area contributed by atoms with E-state index < -0.39 is 41.5 Å². The minimum Gasteiger partial charge on any atom is -0.374 e. The Kier molecular flexibility index (Phi) is 7.28. The van der Waals surface area contributed by atoms with Gasteiger partial charge in [-0.25, -0.2) is 4.39 Å². The molecule has 2 fully saturated rings. The lowest BCUT2D eigenvalue weighted by atomic mass is 9.69. The van der Waals surface area contributed by atoms with Gasteiger partial charge in [0.05, 0.1) is 23.3 Å². The highest BCUT2D eigenvalue weighted by atomic mass is 19.4. The third kappa shape index (κ3) is 5.85. The van der Waals surface area contributed by atoms with Crippen molar-refractivity contribution in [3.05, 3.63) is 82.3 Å². The number of carbonyl (C=O) groups is 1. The van der Waals surface area contributed by atoms with Crippen molar-refractivity contribution in [2.45, 2.75) is 63.1 Å². The fourth-order valence-electron chi connectivity index (χ4n) is 6.36. The molecule has 1 heterocycles. The van der Waals surface area contributed by atoms with Crippen molar-refractivity contribution in [1.29, 1.82) is 0 Å². The van der Waals surface area contributed by atoms with Crippen molar-refractivity contribution < 1.29 is 40.3 Å². The fraction of sp³-hybridized carbons (Fsp3) is 0.483. The molecule has 3 aliphatic rings. The van der Waals surface area contributed by atoms with E-state index in [1.165, 1.54) is 19.1 Å². The molecule has 5 atom stereocenters. The van der Waals surface area contributed by atoms with Crippen LogP contribution in [0.5, 0.6) is 0 Å². The second-order valence-electron chi connectivity index (χ2n) is 10.7. The van der Waals surface area contributed by atoms with Gasteiger partial charge in [-0.2, -0.15) is 26.3 Å². The molecule has 0 bridgehead atoms. The van der Waals surface area contributed by atoms with E-state index in [9.17, 15) is 35.5 Å². The maximum Gasteiger partial charge on any atom is 0.416 e. The minimum absolute atomic E-state index is 0.0604. The van der Waals surface area contributed by atoms with E-state index in [0.717, 1.165) is 24.2 Å². The van der Waals surface area contributed by atoms with E-state index >= 15 is 0 Å². The Labute approximate surface area is 221 Å². The highest BCUT2D eigenvalue weighted by Crippen LogP contribution is 2.49. The summed E-state index contributed by atoms with van der Waals surface area (Å²) in [6.45, 7) is 2.85. The average Bonchev–Trinajstić information content (AvgIpc) is 3.49. The van der Waals surface area contributed by atoms with Gasteiger partial charge in [0.15, 0.2) is 5.78 Å². The number of alkyl halides is 6. The molecule has 3 nitrogen and oxygen atoms in total.